The molecule has 1 aliphatic carbocycles. The molecule has 3 rings (SSSR count). The Bertz CT molecular complexity index is 618. The predicted octanol–water partition coefficient (Wildman–Crippen LogP) is 1.57. The van der Waals surface area contributed by atoms with Crippen LogP contribution in [0.4, 0.5) is 0 Å². The molecular formula is C15H22N2O3S. The van der Waals surface area contributed by atoms with Crippen molar-refractivity contribution in [3.63, 3.8) is 0 Å². The fourth-order valence-corrected chi connectivity index (χ4v) is 5.34. The molecule has 0 radical (unpaired) electrons. The van der Waals surface area contributed by atoms with Crippen LogP contribution in [0.15, 0.2) is 23.1 Å². The van der Waals surface area contributed by atoms with Crippen molar-refractivity contribution in [1.29, 1.82) is 0 Å². The van der Waals surface area contributed by atoms with E-state index in [1.807, 2.05) is 0 Å². The lowest BCUT2D eigenvalue weighted by Gasteiger charge is -2.19. The van der Waals surface area contributed by atoms with Gasteiger partial charge in [0, 0.05) is 19.6 Å². The highest BCUT2D eigenvalue weighted by molar-refractivity contribution is 7.89. The molecule has 0 amide bonds. The molecule has 0 bridgehead atoms. The minimum atomic E-state index is -3.50. The lowest BCUT2D eigenvalue weighted by Crippen LogP contribution is -2.30. The van der Waals surface area contributed by atoms with Crippen LogP contribution in [0, 0.1) is 11.8 Å². The van der Waals surface area contributed by atoms with E-state index in [2.05, 4.69) is 0 Å². The molecule has 1 aromatic rings. The van der Waals surface area contributed by atoms with Crippen LogP contribution in [0.5, 0.6) is 5.75 Å². The van der Waals surface area contributed by atoms with Gasteiger partial charge in [-0.2, -0.15) is 4.31 Å². The predicted molar refractivity (Wildman–Crippen MR) is 80.5 cm³/mol. The van der Waals surface area contributed by atoms with Crippen LogP contribution in [-0.4, -0.2) is 32.9 Å². The van der Waals surface area contributed by atoms with Gasteiger partial charge >= 0.3 is 0 Å². The first-order valence-corrected chi connectivity index (χ1v) is 8.87. The smallest absolute Gasteiger partial charge is 0.246 e. The van der Waals surface area contributed by atoms with Crippen LogP contribution in [-0.2, 0) is 16.6 Å². The molecule has 2 atom stereocenters. The Labute approximate surface area is 126 Å². The Morgan fingerprint density at radius 1 is 1.29 bits per heavy atom. The van der Waals surface area contributed by atoms with Crippen molar-refractivity contribution in [3.05, 3.63) is 23.8 Å². The summed E-state index contributed by atoms with van der Waals surface area (Å²) in [6, 6.07) is 5.13. The number of hydrogen-bond acceptors (Lipinski definition) is 4. The summed E-state index contributed by atoms with van der Waals surface area (Å²) in [5.41, 5.74) is 6.43. The zero-order valence-corrected chi connectivity index (χ0v) is 13.1. The summed E-state index contributed by atoms with van der Waals surface area (Å²) in [6.07, 6.45) is 3.53. The molecular weight excluding hydrogens is 288 g/mol. The van der Waals surface area contributed by atoms with Crippen LogP contribution < -0.4 is 10.5 Å². The molecule has 21 heavy (non-hydrogen) atoms. The first kappa shape index (κ1) is 14.8. The molecule has 1 saturated carbocycles. The minimum absolute atomic E-state index is 0.243. The van der Waals surface area contributed by atoms with Gasteiger partial charge in [0.1, 0.15) is 10.6 Å². The highest BCUT2D eigenvalue weighted by Gasteiger charge is 2.42. The summed E-state index contributed by atoms with van der Waals surface area (Å²) in [5.74, 6) is 1.45. The molecule has 5 nitrogen and oxygen atoms in total. The van der Waals surface area contributed by atoms with Gasteiger partial charge < -0.3 is 10.5 Å². The third kappa shape index (κ3) is 2.56. The summed E-state index contributed by atoms with van der Waals surface area (Å²) >= 11 is 0. The fraction of sp³-hybridized carbons (Fsp3) is 0.600. The monoisotopic (exact) mass is 310 g/mol. The fourth-order valence-electron chi connectivity index (χ4n) is 3.58. The normalized spacial score (nSPS) is 26.0. The summed E-state index contributed by atoms with van der Waals surface area (Å²) < 4.78 is 32.7. The van der Waals surface area contributed by atoms with Gasteiger partial charge in [0.25, 0.3) is 0 Å². The Morgan fingerprint density at radius 3 is 2.52 bits per heavy atom. The number of methoxy groups -OCH3 is 1. The van der Waals surface area contributed by atoms with Gasteiger partial charge in [0.05, 0.1) is 7.11 Å². The maximum atomic E-state index is 12.9. The Morgan fingerprint density at radius 2 is 1.95 bits per heavy atom. The molecule has 0 spiro atoms. The van der Waals surface area contributed by atoms with Crippen LogP contribution in [0.25, 0.3) is 0 Å². The third-order valence-corrected chi connectivity index (χ3v) is 6.63. The van der Waals surface area contributed by atoms with E-state index in [1.165, 1.54) is 13.5 Å². The Balaban J connectivity index is 1.94. The summed E-state index contributed by atoms with van der Waals surface area (Å²) in [4.78, 5) is 0.243. The van der Waals surface area contributed by atoms with E-state index in [9.17, 15) is 8.42 Å². The number of ether oxygens (including phenoxy) is 1. The highest BCUT2D eigenvalue weighted by Crippen LogP contribution is 2.40. The minimum Gasteiger partial charge on any atom is -0.495 e. The molecule has 1 aromatic carbocycles. The van der Waals surface area contributed by atoms with Crippen LogP contribution in [0.3, 0.4) is 0 Å². The molecule has 0 aromatic heterocycles. The Kier molecular flexibility index (Phi) is 3.94. The van der Waals surface area contributed by atoms with Gasteiger partial charge in [-0.25, -0.2) is 8.42 Å². The second kappa shape index (κ2) is 5.59. The average Bonchev–Trinajstić information content (AvgIpc) is 3.08. The second-order valence-corrected chi connectivity index (χ2v) is 7.87. The van der Waals surface area contributed by atoms with Crippen molar-refractivity contribution < 1.29 is 13.2 Å². The van der Waals surface area contributed by atoms with Crippen molar-refractivity contribution in [2.24, 2.45) is 17.6 Å². The van der Waals surface area contributed by atoms with Crippen molar-refractivity contribution in [2.75, 3.05) is 20.2 Å². The lowest BCUT2D eigenvalue weighted by molar-refractivity contribution is 0.395. The van der Waals surface area contributed by atoms with Gasteiger partial charge in [-0.3, -0.25) is 0 Å². The molecule has 1 heterocycles. The van der Waals surface area contributed by atoms with Crippen molar-refractivity contribution in [3.8, 4) is 5.75 Å². The number of nitrogens with two attached hydrogens (primary N) is 1. The van der Waals surface area contributed by atoms with E-state index < -0.39 is 10.0 Å². The van der Waals surface area contributed by atoms with Crippen molar-refractivity contribution in [1.82, 2.24) is 4.31 Å². The van der Waals surface area contributed by atoms with Gasteiger partial charge in [-0.1, -0.05) is 12.5 Å². The van der Waals surface area contributed by atoms with E-state index in [0.29, 0.717) is 37.2 Å². The number of benzene rings is 1. The van der Waals surface area contributed by atoms with Gasteiger partial charge in [-0.05, 0) is 42.4 Å². The lowest BCUT2D eigenvalue weighted by atomic mass is 10.0. The first-order valence-electron chi connectivity index (χ1n) is 7.43. The molecule has 2 fully saturated rings. The van der Waals surface area contributed by atoms with E-state index in [4.69, 9.17) is 10.5 Å². The van der Waals surface area contributed by atoms with Crippen molar-refractivity contribution >= 4 is 10.0 Å². The molecule has 2 N–H and O–H groups in total. The van der Waals surface area contributed by atoms with E-state index >= 15 is 0 Å². The highest BCUT2D eigenvalue weighted by atomic mass is 32.2. The van der Waals surface area contributed by atoms with E-state index in [0.717, 1.165) is 18.4 Å². The largest absolute Gasteiger partial charge is 0.495 e. The van der Waals surface area contributed by atoms with E-state index in [1.54, 1.807) is 22.5 Å². The second-order valence-electron chi connectivity index (χ2n) is 5.96. The van der Waals surface area contributed by atoms with Gasteiger partial charge in [-0.15, -0.1) is 0 Å². The number of fused-ring (bicyclic) bond motifs is 1. The molecule has 6 heteroatoms. The standard InChI is InChI=1S/C15H22N2O3S/c1-20-14-6-5-11(8-16)7-15(14)21(18,19)17-9-12-3-2-4-13(12)10-17/h5-7,12-13H,2-4,8-10,16H2,1H3. The van der Waals surface area contributed by atoms with Crippen LogP contribution >= 0.6 is 0 Å². The molecule has 2 unspecified atom stereocenters. The average molecular weight is 310 g/mol. The van der Waals surface area contributed by atoms with Gasteiger partial charge in [0.2, 0.25) is 10.0 Å². The maximum absolute atomic E-state index is 12.9. The molecule has 116 valence electrons. The summed E-state index contributed by atoms with van der Waals surface area (Å²) in [6.45, 7) is 1.60. The number of rotatable bonds is 4. The molecule has 1 saturated heterocycles. The summed E-state index contributed by atoms with van der Waals surface area (Å²) in [7, 11) is -2.01. The van der Waals surface area contributed by atoms with Crippen LogP contribution in [0.1, 0.15) is 24.8 Å². The van der Waals surface area contributed by atoms with Crippen LogP contribution in [0.2, 0.25) is 0 Å². The SMILES string of the molecule is COc1ccc(CN)cc1S(=O)(=O)N1CC2CCCC2C1. The van der Waals surface area contributed by atoms with Gasteiger partial charge in [0.15, 0.2) is 0 Å². The summed E-state index contributed by atoms with van der Waals surface area (Å²) in [5, 5.41) is 0. The van der Waals surface area contributed by atoms with E-state index in [-0.39, 0.29) is 4.90 Å². The first-order chi connectivity index (χ1) is 10.1. The maximum Gasteiger partial charge on any atom is 0.246 e. The quantitative estimate of drug-likeness (QED) is 0.916. The number of hydrogen-bond donors (Lipinski definition) is 1. The Hall–Kier alpha value is -1.11. The number of sulfonamides is 1. The zero-order valence-electron chi connectivity index (χ0n) is 12.3. The van der Waals surface area contributed by atoms with Crippen molar-refractivity contribution in [2.45, 2.75) is 30.7 Å². The zero-order chi connectivity index (χ0) is 15.0. The molecule has 2 aliphatic rings. The number of nitrogens with zero attached hydrogens (tertiary/aromatic N) is 1. The molecule has 1 aliphatic heterocycles. The topological polar surface area (TPSA) is 72.6 Å². The third-order valence-electron chi connectivity index (χ3n) is 4.77.